The van der Waals surface area contributed by atoms with Gasteiger partial charge in [-0.05, 0) is 218 Å². The summed E-state index contributed by atoms with van der Waals surface area (Å²) >= 11 is 0. The first-order valence-corrected chi connectivity index (χ1v) is 29.1. The Hall–Kier alpha value is -10.1. The molecule has 392 valence electrons. The molecule has 0 fully saturated rings. The maximum absolute atomic E-state index is 2.54. The molecule has 0 unspecified atom stereocenters. The highest BCUT2D eigenvalue weighted by Crippen LogP contribution is 2.64. The summed E-state index contributed by atoms with van der Waals surface area (Å²) in [5.41, 5.74) is 32.2. The van der Waals surface area contributed by atoms with Gasteiger partial charge < -0.3 is 0 Å². The number of rotatable bonds is 10. The second-order valence-electron chi connectivity index (χ2n) is 23.2. The summed E-state index contributed by atoms with van der Waals surface area (Å²) in [5.74, 6) is 0. The van der Waals surface area contributed by atoms with E-state index < -0.39 is 5.41 Å². The summed E-state index contributed by atoms with van der Waals surface area (Å²) in [6.07, 6.45) is 0. The first-order chi connectivity index (χ1) is 40.8. The zero-order chi connectivity index (χ0) is 55.7. The zero-order valence-corrected chi connectivity index (χ0v) is 46.9. The van der Waals surface area contributed by atoms with E-state index in [2.05, 4.69) is 330 Å². The Balaban J connectivity index is 1.08. The normalized spacial score (nSPS) is 13.2. The summed E-state index contributed by atoms with van der Waals surface area (Å²) in [4.78, 5) is 0. The molecule has 0 N–H and O–H groups in total. The summed E-state index contributed by atoms with van der Waals surface area (Å²) in [6.45, 7) is 7.16. The van der Waals surface area contributed by atoms with Gasteiger partial charge >= 0.3 is 0 Å². The quantitative estimate of drug-likeness (QED) is 0.128. The van der Waals surface area contributed by atoms with Crippen LogP contribution in [0.2, 0.25) is 0 Å². The van der Waals surface area contributed by atoms with E-state index in [1.54, 1.807) is 0 Å². The molecule has 0 bridgehead atoms. The lowest BCUT2D eigenvalue weighted by atomic mass is 9.65. The molecule has 0 heterocycles. The molecule has 0 amide bonds. The highest BCUT2D eigenvalue weighted by atomic mass is 14.5. The Morgan fingerprint density at radius 1 is 0.205 bits per heavy atom. The van der Waals surface area contributed by atoms with Crippen LogP contribution >= 0.6 is 0 Å². The molecule has 0 nitrogen and oxygen atoms in total. The monoisotopic (exact) mass is 1060 g/mol. The van der Waals surface area contributed by atoms with E-state index in [0.717, 1.165) is 22.3 Å². The SMILES string of the molecule is Cc1cccc2c1-c1c(ccc3c1-c1ccccc1C3(C)C)C2(c1cc(-c2cccc(-c3ccccc3)c2)cc(-c2cccc(-c3ccccc3)c2)c1)c1cc(-c2cccc(-c3ccccc3)c2)cc(-c2cccc(-c3ccccc3)c2)c1. The maximum Gasteiger partial charge on any atom is 0.0714 e. The van der Waals surface area contributed by atoms with Crippen molar-refractivity contribution < 1.29 is 0 Å². The van der Waals surface area contributed by atoms with Gasteiger partial charge in [0, 0.05) is 5.41 Å². The van der Waals surface area contributed by atoms with Crippen LogP contribution in [0.25, 0.3) is 111 Å². The molecule has 0 heteroatoms. The number of fused-ring (bicyclic) bond motifs is 7. The molecule has 13 aromatic rings. The van der Waals surface area contributed by atoms with Crippen LogP contribution in [0, 0.1) is 6.92 Å². The van der Waals surface area contributed by atoms with E-state index in [9.17, 15) is 0 Å². The average molecular weight is 1060 g/mol. The van der Waals surface area contributed by atoms with E-state index in [4.69, 9.17) is 0 Å². The predicted octanol–water partition coefficient (Wildman–Crippen LogP) is 22.0. The largest absolute Gasteiger partial charge is 0.0714 e. The van der Waals surface area contributed by atoms with Crippen LogP contribution in [0.3, 0.4) is 0 Å². The Bertz CT molecular complexity index is 4200. The number of aryl methyl sites for hydroxylation is 1. The molecule has 0 saturated carbocycles. The van der Waals surface area contributed by atoms with Crippen LogP contribution in [0.4, 0.5) is 0 Å². The average Bonchev–Trinajstić information content (AvgIpc) is 2.49. The third-order valence-electron chi connectivity index (χ3n) is 18.0. The molecule has 13 aromatic carbocycles. The standard InChI is InChI=1S/C83H60/c1-55-23-18-42-77-79(55)81-78(44-43-76-80(81)74-40-16-17-41-75(74)82(76,2)3)83(77,72-51-68(64-36-19-32-60(45-64)56-24-8-4-9-25-56)49-69(52-72)65-37-20-33-61(46-65)57-26-10-5-11-27-57)73-53-70(66-38-21-34-62(47-66)58-28-12-6-13-29-58)50-71(54-73)67-39-22-35-63(48-67)59-30-14-7-15-31-59/h4-54H,1-3H3. The number of benzene rings is 13. The van der Waals surface area contributed by atoms with E-state index >= 15 is 0 Å². The van der Waals surface area contributed by atoms with Crippen LogP contribution < -0.4 is 0 Å². The Kier molecular flexibility index (Phi) is 12.1. The second kappa shape index (κ2) is 20.1. The first-order valence-electron chi connectivity index (χ1n) is 29.1. The van der Waals surface area contributed by atoms with Gasteiger partial charge in [-0.3, -0.25) is 0 Å². The Morgan fingerprint density at radius 3 is 0.892 bits per heavy atom. The van der Waals surface area contributed by atoms with E-state index in [0.29, 0.717) is 0 Å². The minimum Gasteiger partial charge on any atom is -0.0622 e. The molecule has 0 aromatic heterocycles. The van der Waals surface area contributed by atoms with Gasteiger partial charge in [-0.1, -0.05) is 263 Å². The van der Waals surface area contributed by atoms with Crippen molar-refractivity contribution in [2.24, 2.45) is 0 Å². The highest BCUT2D eigenvalue weighted by Gasteiger charge is 2.50. The molecule has 0 radical (unpaired) electrons. The fraction of sp³-hybridized carbons (Fsp3) is 0.0602. The zero-order valence-electron chi connectivity index (χ0n) is 46.9. The van der Waals surface area contributed by atoms with Crippen LogP contribution in [-0.4, -0.2) is 0 Å². The molecule has 0 aliphatic heterocycles. The number of hydrogen-bond acceptors (Lipinski definition) is 0. The van der Waals surface area contributed by atoms with Gasteiger partial charge in [0.2, 0.25) is 0 Å². The van der Waals surface area contributed by atoms with Gasteiger partial charge in [0.15, 0.2) is 0 Å². The van der Waals surface area contributed by atoms with Crippen molar-refractivity contribution in [3.05, 3.63) is 348 Å². The smallest absolute Gasteiger partial charge is 0.0622 e. The van der Waals surface area contributed by atoms with Crippen molar-refractivity contribution in [3.63, 3.8) is 0 Å². The van der Waals surface area contributed by atoms with Crippen LogP contribution in [0.15, 0.2) is 309 Å². The van der Waals surface area contributed by atoms with Gasteiger partial charge in [0.25, 0.3) is 0 Å². The summed E-state index contributed by atoms with van der Waals surface area (Å²) in [6, 6.07) is 116. The molecule has 0 saturated heterocycles. The topological polar surface area (TPSA) is 0 Å². The molecule has 0 spiro atoms. The van der Waals surface area contributed by atoms with E-state index in [-0.39, 0.29) is 5.41 Å². The van der Waals surface area contributed by atoms with Gasteiger partial charge in [-0.15, -0.1) is 0 Å². The highest BCUT2D eigenvalue weighted by molar-refractivity contribution is 6.02. The summed E-state index contributed by atoms with van der Waals surface area (Å²) in [5, 5.41) is 0. The molecular weight excluding hydrogens is 997 g/mol. The lowest BCUT2D eigenvalue weighted by Gasteiger charge is -2.36. The second-order valence-corrected chi connectivity index (χ2v) is 23.2. The Labute approximate surface area is 488 Å². The number of hydrogen-bond donors (Lipinski definition) is 0. The first kappa shape index (κ1) is 49.9. The minimum absolute atomic E-state index is 0.198. The van der Waals surface area contributed by atoms with Crippen molar-refractivity contribution >= 4 is 0 Å². The van der Waals surface area contributed by atoms with Crippen molar-refractivity contribution in [2.75, 3.05) is 0 Å². The molecule has 15 rings (SSSR count). The molecule has 2 aliphatic carbocycles. The van der Waals surface area contributed by atoms with Crippen molar-refractivity contribution in [1.82, 2.24) is 0 Å². The summed E-state index contributed by atoms with van der Waals surface area (Å²) < 4.78 is 0. The molecule has 2 aliphatic rings. The van der Waals surface area contributed by atoms with Crippen LogP contribution in [0.1, 0.15) is 52.8 Å². The van der Waals surface area contributed by atoms with Gasteiger partial charge in [-0.25, -0.2) is 0 Å². The lowest BCUT2D eigenvalue weighted by molar-refractivity contribution is 0.659. The third-order valence-corrected chi connectivity index (χ3v) is 18.0. The van der Waals surface area contributed by atoms with Gasteiger partial charge in [-0.2, -0.15) is 0 Å². The van der Waals surface area contributed by atoms with Crippen LogP contribution in [0.5, 0.6) is 0 Å². The van der Waals surface area contributed by atoms with Crippen molar-refractivity contribution in [2.45, 2.75) is 31.6 Å². The third kappa shape index (κ3) is 8.44. The van der Waals surface area contributed by atoms with Gasteiger partial charge in [0.05, 0.1) is 5.41 Å². The molecule has 83 heavy (non-hydrogen) atoms. The Morgan fingerprint density at radius 2 is 0.494 bits per heavy atom. The van der Waals surface area contributed by atoms with Crippen molar-refractivity contribution in [3.8, 4) is 111 Å². The fourth-order valence-electron chi connectivity index (χ4n) is 14.0. The lowest BCUT2D eigenvalue weighted by Crippen LogP contribution is -2.29. The summed E-state index contributed by atoms with van der Waals surface area (Å²) in [7, 11) is 0. The molecule has 0 atom stereocenters. The minimum atomic E-state index is -0.828. The maximum atomic E-state index is 2.54. The van der Waals surface area contributed by atoms with E-state index in [1.807, 2.05) is 0 Å². The van der Waals surface area contributed by atoms with Crippen LogP contribution in [-0.2, 0) is 10.8 Å². The van der Waals surface area contributed by atoms with Crippen molar-refractivity contribution in [1.29, 1.82) is 0 Å². The molecular formula is C83H60. The van der Waals surface area contributed by atoms with E-state index in [1.165, 1.54) is 128 Å². The van der Waals surface area contributed by atoms with Gasteiger partial charge in [0.1, 0.15) is 0 Å². The predicted molar refractivity (Wildman–Crippen MR) is 350 cm³/mol. The fourth-order valence-corrected chi connectivity index (χ4v) is 14.0.